The van der Waals surface area contributed by atoms with Crippen LogP contribution in [0.3, 0.4) is 0 Å². The lowest BCUT2D eigenvalue weighted by Gasteiger charge is -2.14. The fourth-order valence-electron chi connectivity index (χ4n) is 1.49. The van der Waals surface area contributed by atoms with Crippen LogP contribution in [-0.4, -0.2) is 44.0 Å². The number of aliphatic carboxylic acids is 1. The lowest BCUT2D eigenvalue weighted by Crippen LogP contribution is -2.39. The molecule has 8 heteroatoms. The molecule has 8 nitrogen and oxygen atoms in total. The van der Waals surface area contributed by atoms with Crippen LogP contribution < -0.4 is 15.4 Å². The molecule has 0 radical (unpaired) electrons. The predicted octanol–water partition coefficient (Wildman–Crippen LogP) is 0.788. The molecular weight excluding hydrogens is 278 g/mol. The molecule has 2 amide bonds. The van der Waals surface area contributed by atoms with Crippen LogP contribution in [0.4, 0.5) is 10.5 Å². The van der Waals surface area contributed by atoms with Crippen molar-refractivity contribution in [2.24, 2.45) is 0 Å². The first kappa shape index (κ1) is 16.3. The maximum absolute atomic E-state index is 11.7. The molecule has 1 rings (SSSR count). The molecule has 1 aromatic carbocycles. The van der Waals surface area contributed by atoms with Gasteiger partial charge in [0.25, 0.3) is 0 Å². The molecule has 0 aromatic heterocycles. The Morgan fingerprint density at radius 1 is 1.43 bits per heavy atom. The van der Waals surface area contributed by atoms with Gasteiger partial charge in [0, 0.05) is 13.2 Å². The minimum Gasteiger partial charge on any atom is -0.495 e. The van der Waals surface area contributed by atoms with Gasteiger partial charge in [0.05, 0.1) is 31.0 Å². The number of nitriles is 1. The topological polar surface area (TPSA) is 121 Å². The summed E-state index contributed by atoms with van der Waals surface area (Å²) in [6, 6.07) is 5.86. The van der Waals surface area contributed by atoms with Crippen LogP contribution in [0.5, 0.6) is 5.75 Å². The molecule has 1 unspecified atom stereocenters. The number of benzene rings is 1. The van der Waals surface area contributed by atoms with E-state index in [2.05, 4.69) is 15.4 Å². The first-order valence-electron chi connectivity index (χ1n) is 5.90. The van der Waals surface area contributed by atoms with Gasteiger partial charge in [-0.1, -0.05) is 0 Å². The number of nitrogens with one attached hydrogen (secondary N) is 2. The number of carbonyl (C=O) groups is 2. The quantitative estimate of drug-likeness (QED) is 0.713. The second-order valence-electron chi connectivity index (χ2n) is 3.92. The molecule has 0 aliphatic heterocycles. The number of ether oxygens (including phenoxy) is 2. The smallest absolute Gasteiger partial charge is 0.334 e. The summed E-state index contributed by atoms with van der Waals surface area (Å²) in [4.78, 5) is 22.4. The van der Waals surface area contributed by atoms with Crippen LogP contribution in [0.25, 0.3) is 0 Å². The summed E-state index contributed by atoms with van der Waals surface area (Å²) in [5, 5.41) is 22.4. The van der Waals surface area contributed by atoms with Crippen molar-refractivity contribution in [2.75, 3.05) is 26.1 Å². The van der Waals surface area contributed by atoms with E-state index < -0.39 is 18.1 Å². The van der Waals surface area contributed by atoms with Gasteiger partial charge in [0.2, 0.25) is 0 Å². The van der Waals surface area contributed by atoms with Crippen LogP contribution in [0.2, 0.25) is 0 Å². The highest BCUT2D eigenvalue weighted by atomic mass is 16.5. The number of carboxylic acids is 1. The standard InChI is InChI=1S/C13H15N3O5/c1-20-10-5-8(6-14)3-4-9(10)16-13(19)15-7-11(21-2)12(17)18/h3-5,11H,7H2,1-2H3,(H,17,18)(H2,15,16,19). The van der Waals surface area contributed by atoms with E-state index in [0.29, 0.717) is 17.0 Å². The molecule has 0 fully saturated rings. The fourth-order valence-corrected chi connectivity index (χ4v) is 1.49. The van der Waals surface area contributed by atoms with Gasteiger partial charge in [0.15, 0.2) is 6.10 Å². The number of hydrogen-bond donors (Lipinski definition) is 3. The largest absolute Gasteiger partial charge is 0.495 e. The first-order chi connectivity index (χ1) is 10.0. The highest BCUT2D eigenvalue weighted by Gasteiger charge is 2.17. The average molecular weight is 293 g/mol. The van der Waals surface area contributed by atoms with Gasteiger partial charge in [0.1, 0.15) is 5.75 Å². The summed E-state index contributed by atoms with van der Waals surface area (Å²) in [6.45, 7) is -0.184. The van der Waals surface area contributed by atoms with E-state index in [0.717, 1.165) is 0 Å². The number of anilines is 1. The third-order valence-electron chi connectivity index (χ3n) is 2.59. The maximum atomic E-state index is 11.7. The van der Waals surface area contributed by atoms with E-state index in [-0.39, 0.29) is 6.54 Å². The van der Waals surface area contributed by atoms with Gasteiger partial charge in [-0.2, -0.15) is 5.26 Å². The monoisotopic (exact) mass is 293 g/mol. The van der Waals surface area contributed by atoms with Crippen molar-refractivity contribution in [2.45, 2.75) is 6.10 Å². The second-order valence-corrected chi connectivity index (χ2v) is 3.92. The number of carboxylic acid groups (broad SMARTS) is 1. The van der Waals surface area contributed by atoms with Crippen LogP contribution >= 0.6 is 0 Å². The molecule has 0 spiro atoms. The van der Waals surface area contributed by atoms with Crippen LogP contribution in [0, 0.1) is 11.3 Å². The number of amides is 2. The zero-order valence-corrected chi connectivity index (χ0v) is 11.5. The number of carbonyl (C=O) groups excluding carboxylic acids is 1. The van der Waals surface area contributed by atoms with Gasteiger partial charge in [-0.3, -0.25) is 0 Å². The van der Waals surface area contributed by atoms with Crippen molar-refractivity contribution in [3.8, 4) is 11.8 Å². The van der Waals surface area contributed by atoms with Crippen molar-refractivity contribution in [1.29, 1.82) is 5.26 Å². The Hall–Kier alpha value is -2.79. The normalized spacial score (nSPS) is 11.1. The summed E-state index contributed by atoms with van der Waals surface area (Å²) in [7, 11) is 2.65. The zero-order valence-electron chi connectivity index (χ0n) is 11.5. The van der Waals surface area contributed by atoms with E-state index in [1.807, 2.05) is 6.07 Å². The molecular formula is C13H15N3O5. The van der Waals surface area contributed by atoms with Crippen molar-refractivity contribution in [3.05, 3.63) is 23.8 Å². The minimum absolute atomic E-state index is 0.184. The Morgan fingerprint density at radius 2 is 2.14 bits per heavy atom. The number of nitrogens with zero attached hydrogens (tertiary/aromatic N) is 1. The van der Waals surface area contributed by atoms with Crippen LogP contribution in [0.1, 0.15) is 5.56 Å². The number of rotatable bonds is 6. The summed E-state index contributed by atoms with van der Waals surface area (Å²) >= 11 is 0. The average Bonchev–Trinajstić information content (AvgIpc) is 2.47. The van der Waals surface area contributed by atoms with E-state index in [9.17, 15) is 9.59 Å². The lowest BCUT2D eigenvalue weighted by molar-refractivity contribution is -0.147. The van der Waals surface area contributed by atoms with E-state index >= 15 is 0 Å². The molecule has 0 saturated carbocycles. The number of urea groups is 1. The Labute approximate surface area is 121 Å². The second kappa shape index (κ2) is 7.72. The Kier molecular flexibility index (Phi) is 5.98. The minimum atomic E-state index is -1.17. The number of hydrogen-bond acceptors (Lipinski definition) is 5. The summed E-state index contributed by atoms with van der Waals surface area (Å²) in [6.07, 6.45) is -1.13. The molecule has 0 heterocycles. The van der Waals surface area contributed by atoms with E-state index in [1.54, 1.807) is 0 Å². The Bertz CT molecular complexity index is 567. The van der Waals surface area contributed by atoms with Crippen LogP contribution in [0.15, 0.2) is 18.2 Å². The SMILES string of the molecule is COc1cc(C#N)ccc1NC(=O)NCC(OC)C(=O)O. The molecule has 21 heavy (non-hydrogen) atoms. The molecule has 112 valence electrons. The Morgan fingerprint density at radius 3 is 2.67 bits per heavy atom. The van der Waals surface area contributed by atoms with Gasteiger partial charge in [-0.25, -0.2) is 9.59 Å². The molecule has 3 N–H and O–H groups in total. The van der Waals surface area contributed by atoms with Gasteiger partial charge in [-0.05, 0) is 12.1 Å². The van der Waals surface area contributed by atoms with Crippen molar-refractivity contribution in [3.63, 3.8) is 0 Å². The third kappa shape index (κ3) is 4.67. The highest BCUT2D eigenvalue weighted by molar-refractivity contribution is 5.91. The van der Waals surface area contributed by atoms with Crippen molar-refractivity contribution < 1.29 is 24.2 Å². The lowest BCUT2D eigenvalue weighted by atomic mass is 10.2. The zero-order chi connectivity index (χ0) is 15.8. The molecule has 0 aliphatic carbocycles. The molecule has 0 saturated heterocycles. The first-order valence-corrected chi connectivity index (χ1v) is 5.90. The van der Waals surface area contributed by atoms with E-state index in [4.69, 9.17) is 15.1 Å². The fraction of sp³-hybridized carbons (Fsp3) is 0.308. The number of methoxy groups -OCH3 is 2. The molecule has 0 aliphatic rings. The van der Waals surface area contributed by atoms with E-state index in [1.165, 1.54) is 32.4 Å². The third-order valence-corrected chi connectivity index (χ3v) is 2.59. The van der Waals surface area contributed by atoms with Crippen molar-refractivity contribution >= 4 is 17.7 Å². The van der Waals surface area contributed by atoms with Crippen molar-refractivity contribution in [1.82, 2.24) is 5.32 Å². The summed E-state index contributed by atoms with van der Waals surface area (Å²) < 4.78 is 9.75. The van der Waals surface area contributed by atoms with Gasteiger partial charge < -0.3 is 25.2 Å². The maximum Gasteiger partial charge on any atom is 0.334 e. The predicted molar refractivity (Wildman–Crippen MR) is 73.2 cm³/mol. The Balaban J connectivity index is 2.67. The van der Waals surface area contributed by atoms with Gasteiger partial charge in [-0.15, -0.1) is 0 Å². The molecule has 1 atom stereocenters. The highest BCUT2D eigenvalue weighted by Crippen LogP contribution is 2.25. The molecule has 1 aromatic rings. The summed E-state index contributed by atoms with van der Waals surface area (Å²) in [5.74, 6) is -0.848. The van der Waals surface area contributed by atoms with Crippen LogP contribution in [-0.2, 0) is 9.53 Å². The summed E-state index contributed by atoms with van der Waals surface area (Å²) in [5.41, 5.74) is 0.751. The molecule has 0 bridgehead atoms. The van der Waals surface area contributed by atoms with Gasteiger partial charge >= 0.3 is 12.0 Å².